The quantitative estimate of drug-likeness (QED) is 0.522. The number of nitrogens with zero attached hydrogens (tertiary/aromatic N) is 1. The van der Waals surface area contributed by atoms with Crippen LogP contribution in [0.15, 0.2) is 65.4 Å². The van der Waals surface area contributed by atoms with Crippen LogP contribution in [-0.2, 0) is 0 Å². The van der Waals surface area contributed by atoms with Crippen LogP contribution in [0.2, 0.25) is 0 Å². The number of rotatable bonds is 2. The molecule has 3 rings (SSSR count). The second-order valence-electron chi connectivity index (χ2n) is 4.28. The second kappa shape index (κ2) is 5.43. The first-order chi connectivity index (χ1) is 9.72. The zero-order valence-electron chi connectivity index (χ0n) is 10.4. The summed E-state index contributed by atoms with van der Waals surface area (Å²) in [6, 6.07) is 14.8. The maximum Gasteiger partial charge on any atom is 0.343 e. The highest BCUT2D eigenvalue weighted by molar-refractivity contribution is 9.10. The van der Waals surface area contributed by atoms with E-state index in [1.165, 1.54) is 0 Å². The molecular weight excluding hydrogens is 318 g/mol. The van der Waals surface area contributed by atoms with Gasteiger partial charge in [0.05, 0.1) is 5.56 Å². The molecule has 2 aromatic carbocycles. The number of hydrogen-bond donors (Lipinski definition) is 0. The molecular formula is C16H10BrNO2. The second-order valence-corrected chi connectivity index (χ2v) is 5.19. The minimum Gasteiger partial charge on any atom is -0.423 e. The molecule has 98 valence electrons. The SMILES string of the molecule is O=C(Oc1ccc2cc(Br)ccc2c1)c1ccncc1. The lowest BCUT2D eigenvalue weighted by atomic mass is 10.1. The van der Waals surface area contributed by atoms with E-state index >= 15 is 0 Å². The molecule has 0 N–H and O–H groups in total. The van der Waals surface area contributed by atoms with Crippen molar-refractivity contribution in [3.8, 4) is 5.75 Å². The van der Waals surface area contributed by atoms with Crippen LogP contribution in [0.25, 0.3) is 10.8 Å². The Morgan fingerprint density at radius 1 is 0.950 bits per heavy atom. The Morgan fingerprint density at radius 2 is 1.65 bits per heavy atom. The Kier molecular flexibility index (Phi) is 3.48. The summed E-state index contributed by atoms with van der Waals surface area (Å²) in [5.41, 5.74) is 0.482. The number of ether oxygens (including phenoxy) is 1. The number of carbonyl (C=O) groups is 1. The number of esters is 1. The largest absolute Gasteiger partial charge is 0.423 e. The van der Waals surface area contributed by atoms with E-state index < -0.39 is 0 Å². The molecule has 0 aliphatic carbocycles. The van der Waals surface area contributed by atoms with E-state index in [0.29, 0.717) is 11.3 Å². The third-order valence-electron chi connectivity index (χ3n) is 2.90. The monoisotopic (exact) mass is 327 g/mol. The van der Waals surface area contributed by atoms with Gasteiger partial charge in [-0.25, -0.2) is 4.79 Å². The number of hydrogen-bond acceptors (Lipinski definition) is 3. The summed E-state index contributed by atoms with van der Waals surface area (Å²) >= 11 is 3.43. The highest BCUT2D eigenvalue weighted by Crippen LogP contribution is 2.24. The van der Waals surface area contributed by atoms with Crippen LogP contribution in [0.5, 0.6) is 5.75 Å². The van der Waals surface area contributed by atoms with Gasteiger partial charge in [0.2, 0.25) is 0 Å². The molecule has 0 fully saturated rings. The van der Waals surface area contributed by atoms with Gasteiger partial charge in [0.25, 0.3) is 0 Å². The maximum atomic E-state index is 11.9. The van der Waals surface area contributed by atoms with Crippen LogP contribution in [0, 0.1) is 0 Å². The molecule has 3 nitrogen and oxygen atoms in total. The van der Waals surface area contributed by atoms with Crippen LogP contribution in [0.1, 0.15) is 10.4 Å². The fourth-order valence-corrected chi connectivity index (χ4v) is 2.29. The fraction of sp³-hybridized carbons (Fsp3) is 0. The topological polar surface area (TPSA) is 39.2 Å². The Bertz CT molecular complexity index is 772. The number of halogens is 1. The zero-order chi connectivity index (χ0) is 13.9. The van der Waals surface area contributed by atoms with Crippen molar-refractivity contribution in [3.63, 3.8) is 0 Å². The van der Waals surface area contributed by atoms with Gasteiger partial charge in [-0.05, 0) is 47.2 Å². The number of pyridine rings is 1. The van der Waals surface area contributed by atoms with Crippen molar-refractivity contribution in [1.82, 2.24) is 4.98 Å². The molecule has 4 heteroatoms. The third-order valence-corrected chi connectivity index (χ3v) is 3.39. The Hall–Kier alpha value is -2.20. The minimum absolute atomic E-state index is 0.385. The minimum atomic E-state index is -0.385. The van der Waals surface area contributed by atoms with Crippen molar-refractivity contribution in [2.45, 2.75) is 0 Å². The van der Waals surface area contributed by atoms with Crippen LogP contribution in [0.4, 0.5) is 0 Å². The van der Waals surface area contributed by atoms with E-state index in [-0.39, 0.29) is 5.97 Å². The highest BCUT2D eigenvalue weighted by atomic mass is 79.9. The molecule has 3 aromatic rings. The summed E-state index contributed by atoms with van der Waals surface area (Å²) in [5.74, 6) is 0.144. The Morgan fingerprint density at radius 3 is 2.45 bits per heavy atom. The number of benzene rings is 2. The van der Waals surface area contributed by atoms with E-state index in [9.17, 15) is 4.79 Å². The van der Waals surface area contributed by atoms with E-state index in [0.717, 1.165) is 15.2 Å². The van der Waals surface area contributed by atoms with E-state index in [4.69, 9.17) is 4.74 Å². The molecule has 0 saturated carbocycles. The van der Waals surface area contributed by atoms with Crippen molar-refractivity contribution in [3.05, 3.63) is 71.0 Å². The van der Waals surface area contributed by atoms with Crippen LogP contribution >= 0.6 is 15.9 Å². The van der Waals surface area contributed by atoms with Gasteiger partial charge in [-0.15, -0.1) is 0 Å². The lowest BCUT2D eigenvalue weighted by molar-refractivity contribution is 0.0735. The predicted molar refractivity (Wildman–Crippen MR) is 80.8 cm³/mol. The van der Waals surface area contributed by atoms with Gasteiger partial charge in [0.15, 0.2) is 0 Å². The average molecular weight is 328 g/mol. The van der Waals surface area contributed by atoms with Gasteiger partial charge >= 0.3 is 5.97 Å². The summed E-state index contributed by atoms with van der Waals surface area (Å²) in [7, 11) is 0. The molecule has 0 saturated heterocycles. The van der Waals surface area contributed by atoms with E-state index in [1.54, 1.807) is 30.6 Å². The van der Waals surface area contributed by atoms with E-state index in [1.807, 2.05) is 30.3 Å². The lowest BCUT2D eigenvalue weighted by Gasteiger charge is -2.06. The fourth-order valence-electron chi connectivity index (χ4n) is 1.91. The van der Waals surface area contributed by atoms with Gasteiger partial charge < -0.3 is 4.74 Å². The summed E-state index contributed by atoms with van der Waals surface area (Å²) in [6.45, 7) is 0. The van der Waals surface area contributed by atoms with Crippen molar-refractivity contribution >= 4 is 32.7 Å². The standard InChI is InChI=1S/C16H10BrNO2/c17-14-3-1-13-10-15(4-2-12(13)9-14)20-16(19)11-5-7-18-8-6-11/h1-10H. The molecule has 20 heavy (non-hydrogen) atoms. The first kappa shape index (κ1) is 12.8. The Labute approximate surface area is 124 Å². The van der Waals surface area contributed by atoms with Crippen molar-refractivity contribution in [2.24, 2.45) is 0 Å². The molecule has 1 heterocycles. The van der Waals surface area contributed by atoms with Crippen molar-refractivity contribution in [1.29, 1.82) is 0 Å². The molecule has 0 amide bonds. The summed E-state index contributed by atoms with van der Waals surface area (Å²) in [5, 5.41) is 2.11. The molecule has 1 aromatic heterocycles. The normalized spacial score (nSPS) is 10.4. The first-order valence-corrected chi connectivity index (χ1v) is 6.83. The smallest absolute Gasteiger partial charge is 0.343 e. The summed E-state index contributed by atoms with van der Waals surface area (Å²) in [6.07, 6.45) is 3.13. The van der Waals surface area contributed by atoms with Crippen LogP contribution < -0.4 is 4.74 Å². The summed E-state index contributed by atoms with van der Waals surface area (Å²) < 4.78 is 6.38. The van der Waals surface area contributed by atoms with Gasteiger partial charge in [-0.3, -0.25) is 4.98 Å². The number of fused-ring (bicyclic) bond motifs is 1. The zero-order valence-corrected chi connectivity index (χ0v) is 12.0. The molecule has 0 aliphatic rings. The number of aromatic nitrogens is 1. The molecule has 0 atom stereocenters. The van der Waals surface area contributed by atoms with Crippen LogP contribution in [-0.4, -0.2) is 11.0 Å². The van der Waals surface area contributed by atoms with Gasteiger partial charge in [0, 0.05) is 16.9 Å². The van der Waals surface area contributed by atoms with Gasteiger partial charge in [0.1, 0.15) is 5.75 Å². The molecule has 0 radical (unpaired) electrons. The predicted octanol–water partition coefficient (Wildman–Crippen LogP) is 4.22. The third kappa shape index (κ3) is 2.70. The van der Waals surface area contributed by atoms with Gasteiger partial charge in [-0.2, -0.15) is 0 Å². The molecule has 0 bridgehead atoms. The van der Waals surface area contributed by atoms with Crippen LogP contribution in [0.3, 0.4) is 0 Å². The first-order valence-electron chi connectivity index (χ1n) is 6.04. The lowest BCUT2D eigenvalue weighted by Crippen LogP contribution is -2.08. The highest BCUT2D eigenvalue weighted by Gasteiger charge is 2.08. The van der Waals surface area contributed by atoms with E-state index in [2.05, 4.69) is 20.9 Å². The van der Waals surface area contributed by atoms with Gasteiger partial charge in [-0.1, -0.05) is 28.1 Å². The number of carbonyl (C=O) groups excluding carboxylic acids is 1. The van der Waals surface area contributed by atoms with Crippen molar-refractivity contribution in [2.75, 3.05) is 0 Å². The summed E-state index contributed by atoms with van der Waals surface area (Å²) in [4.78, 5) is 15.8. The Balaban J connectivity index is 1.88. The van der Waals surface area contributed by atoms with Crippen molar-refractivity contribution < 1.29 is 9.53 Å². The molecule has 0 spiro atoms. The molecule has 0 unspecified atom stereocenters. The maximum absolute atomic E-state index is 11.9. The average Bonchev–Trinajstić information content (AvgIpc) is 2.48. The molecule has 0 aliphatic heterocycles.